The maximum atomic E-state index is 6.20. The summed E-state index contributed by atoms with van der Waals surface area (Å²) in [6.07, 6.45) is 0.868. The summed E-state index contributed by atoms with van der Waals surface area (Å²) in [6.45, 7) is 2.08. The van der Waals surface area contributed by atoms with Gasteiger partial charge in [0.25, 0.3) is 6.02 Å². The largest absolute Gasteiger partial charge is 0.469 e. The van der Waals surface area contributed by atoms with Gasteiger partial charge in [0.1, 0.15) is 0 Å². The number of hydrogen-bond acceptors (Lipinski definition) is 3. The molecule has 0 amide bonds. The highest BCUT2D eigenvalue weighted by Gasteiger charge is 2.24. The van der Waals surface area contributed by atoms with Gasteiger partial charge >= 0.3 is 0 Å². The first-order valence-corrected chi connectivity index (χ1v) is 6.19. The van der Waals surface area contributed by atoms with Gasteiger partial charge in [-0.2, -0.15) is 0 Å². The number of aliphatic imine (C=N–C) groups is 1. The summed E-state index contributed by atoms with van der Waals surface area (Å²) in [6, 6.07) is 6.45. The molecular weight excluding hydrogens is 259 g/mol. The van der Waals surface area contributed by atoms with Crippen LogP contribution in [0.4, 0.5) is 0 Å². The number of hydrogen-bond donors (Lipinski definition) is 1. The predicted octanol–water partition coefficient (Wildman–Crippen LogP) is 3.42. The molecule has 17 heavy (non-hydrogen) atoms. The lowest BCUT2D eigenvalue weighted by molar-refractivity contribution is 0.341. The standard InChI is InChI=1S/C12H14Cl2N2O/c1-7-6-10(16-12(15-7)17-2)8-4-3-5-9(13)11(8)14/h3-5,7,10H,6H2,1-2H3,(H,15,16). The Bertz CT molecular complexity index is 448. The van der Waals surface area contributed by atoms with Crippen LogP contribution in [0.25, 0.3) is 0 Å². The molecule has 2 rings (SSSR count). The second kappa shape index (κ2) is 5.15. The van der Waals surface area contributed by atoms with Crippen LogP contribution < -0.4 is 5.32 Å². The quantitative estimate of drug-likeness (QED) is 0.850. The Hall–Kier alpha value is -0.930. The third-order valence-electron chi connectivity index (χ3n) is 2.75. The first kappa shape index (κ1) is 12.5. The van der Waals surface area contributed by atoms with Crippen LogP contribution in [0.3, 0.4) is 0 Å². The van der Waals surface area contributed by atoms with Gasteiger partial charge in [0.2, 0.25) is 0 Å². The van der Waals surface area contributed by atoms with Crippen molar-refractivity contribution in [1.82, 2.24) is 5.32 Å². The number of nitrogens with one attached hydrogen (secondary N) is 1. The van der Waals surface area contributed by atoms with E-state index in [2.05, 4.69) is 17.2 Å². The molecule has 0 fully saturated rings. The third kappa shape index (κ3) is 2.67. The molecule has 0 saturated carbocycles. The molecule has 1 N–H and O–H groups in total. The van der Waals surface area contributed by atoms with E-state index in [0.717, 1.165) is 12.0 Å². The normalized spacial score (nSPS) is 23.9. The number of halogens is 2. The summed E-state index contributed by atoms with van der Waals surface area (Å²) in [7, 11) is 1.60. The van der Waals surface area contributed by atoms with Gasteiger partial charge in [0, 0.05) is 6.04 Å². The lowest BCUT2D eigenvalue weighted by atomic mass is 9.99. The number of amidine groups is 1. The number of benzene rings is 1. The summed E-state index contributed by atoms with van der Waals surface area (Å²) < 4.78 is 5.15. The van der Waals surface area contributed by atoms with Crippen molar-refractivity contribution >= 4 is 29.2 Å². The molecule has 2 atom stereocenters. The zero-order chi connectivity index (χ0) is 12.4. The number of methoxy groups -OCH3 is 1. The van der Waals surface area contributed by atoms with Crippen molar-refractivity contribution in [1.29, 1.82) is 0 Å². The average Bonchev–Trinajstić information content (AvgIpc) is 2.31. The Labute approximate surface area is 111 Å². The molecule has 1 aliphatic rings. The molecular formula is C12H14Cl2N2O. The number of ether oxygens (including phenoxy) is 1. The zero-order valence-corrected chi connectivity index (χ0v) is 11.2. The summed E-state index contributed by atoms with van der Waals surface area (Å²) in [4.78, 5) is 4.46. The van der Waals surface area contributed by atoms with Crippen LogP contribution in [-0.4, -0.2) is 19.2 Å². The van der Waals surface area contributed by atoms with E-state index >= 15 is 0 Å². The fraction of sp³-hybridized carbons (Fsp3) is 0.417. The fourth-order valence-electron chi connectivity index (χ4n) is 1.92. The fourth-order valence-corrected chi connectivity index (χ4v) is 2.36. The van der Waals surface area contributed by atoms with Crippen LogP contribution in [0, 0.1) is 0 Å². The minimum atomic E-state index is -0.00704. The van der Waals surface area contributed by atoms with Crippen molar-refractivity contribution in [2.45, 2.75) is 25.4 Å². The molecule has 1 aromatic carbocycles. The highest BCUT2D eigenvalue weighted by molar-refractivity contribution is 6.42. The van der Waals surface area contributed by atoms with Gasteiger partial charge in [-0.1, -0.05) is 35.3 Å². The van der Waals surface area contributed by atoms with Gasteiger partial charge in [-0.3, -0.25) is 0 Å². The molecule has 1 aromatic rings. The van der Waals surface area contributed by atoms with E-state index in [1.807, 2.05) is 12.1 Å². The molecule has 0 aromatic heterocycles. The third-order valence-corrected chi connectivity index (χ3v) is 3.59. The molecule has 0 saturated heterocycles. The second-order valence-corrected chi connectivity index (χ2v) is 4.86. The SMILES string of the molecule is COC1=NC(c2cccc(Cl)c2Cl)CC(C)N1. The van der Waals surface area contributed by atoms with Crippen molar-refractivity contribution in [2.24, 2.45) is 4.99 Å². The first-order chi connectivity index (χ1) is 8.11. The lowest BCUT2D eigenvalue weighted by Gasteiger charge is -2.27. The maximum Gasteiger partial charge on any atom is 0.285 e. The Morgan fingerprint density at radius 3 is 2.88 bits per heavy atom. The Balaban J connectivity index is 2.36. The van der Waals surface area contributed by atoms with E-state index in [0.29, 0.717) is 22.1 Å². The number of rotatable bonds is 1. The van der Waals surface area contributed by atoms with Crippen molar-refractivity contribution in [2.75, 3.05) is 7.11 Å². The van der Waals surface area contributed by atoms with Crippen LogP contribution >= 0.6 is 23.2 Å². The van der Waals surface area contributed by atoms with Crippen LogP contribution in [0.15, 0.2) is 23.2 Å². The van der Waals surface area contributed by atoms with Gasteiger partial charge in [0.15, 0.2) is 0 Å². The molecule has 0 spiro atoms. The Morgan fingerprint density at radius 1 is 1.41 bits per heavy atom. The monoisotopic (exact) mass is 272 g/mol. The van der Waals surface area contributed by atoms with Crippen LogP contribution in [0.2, 0.25) is 10.0 Å². The first-order valence-electron chi connectivity index (χ1n) is 5.44. The molecule has 0 bridgehead atoms. The van der Waals surface area contributed by atoms with Crippen molar-refractivity contribution in [3.05, 3.63) is 33.8 Å². The predicted molar refractivity (Wildman–Crippen MR) is 70.9 cm³/mol. The summed E-state index contributed by atoms with van der Waals surface area (Å²) in [5, 5.41) is 4.29. The van der Waals surface area contributed by atoms with E-state index in [1.54, 1.807) is 13.2 Å². The number of nitrogens with zero attached hydrogens (tertiary/aromatic N) is 1. The van der Waals surface area contributed by atoms with Crippen molar-refractivity contribution in [3.8, 4) is 0 Å². The minimum absolute atomic E-state index is 0.00704. The molecule has 1 aliphatic heterocycles. The Morgan fingerprint density at radius 2 is 2.18 bits per heavy atom. The minimum Gasteiger partial charge on any atom is -0.469 e. The molecule has 2 unspecified atom stereocenters. The van der Waals surface area contributed by atoms with E-state index < -0.39 is 0 Å². The van der Waals surface area contributed by atoms with Gasteiger partial charge in [-0.05, 0) is 25.0 Å². The van der Waals surface area contributed by atoms with Gasteiger partial charge in [0.05, 0.1) is 23.2 Å². The van der Waals surface area contributed by atoms with E-state index in [9.17, 15) is 0 Å². The molecule has 0 radical (unpaired) electrons. The van der Waals surface area contributed by atoms with Crippen molar-refractivity contribution in [3.63, 3.8) is 0 Å². The van der Waals surface area contributed by atoms with E-state index in [-0.39, 0.29) is 6.04 Å². The lowest BCUT2D eigenvalue weighted by Crippen LogP contribution is -2.38. The maximum absolute atomic E-state index is 6.20. The second-order valence-electron chi connectivity index (χ2n) is 4.08. The zero-order valence-electron chi connectivity index (χ0n) is 9.71. The van der Waals surface area contributed by atoms with Gasteiger partial charge < -0.3 is 10.1 Å². The van der Waals surface area contributed by atoms with Crippen LogP contribution in [0.1, 0.15) is 24.9 Å². The Kier molecular flexibility index (Phi) is 3.79. The highest BCUT2D eigenvalue weighted by atomic mass is 35.5. The van der Waals surface area contributed by atoms with E-state index in [1.165, 1.54) is 0 Å². The smallest absolute Gasteiger partial charge is 0.285 e. The van der Waals surface area contributed by atoms with Crippen LogP contribution in [0.5, 0.6) is 0 Å². The van der Waals surface area contributed by atoms with Crippen LogP contribution in [-0.2, 0) is 4.74 Å². The van der Waals surface area contributed by atoms with Gasteiger partial charge in [-0.15, -0.1) is 0 Å². The molecule has 3 nitrogen and oxygen atoms in total. The summed E-state index contributed by atoms with van der Waals surface area (Å²) in [5.41, 5.74) is 0.946. The molecule has 1 heterocycles. The topological polar surface area (TPSA) is 33.6 Å². The highest BCUT2D eigenvalue weighted by Crippen LogP contribution is 2.35. The van der Waals surface area contributed by atoms with Crippen molar-refractivity contribution < 1.29 is 4.74 Å². The molecule has 92 valence electrons. The molecule has 5 heteroatoms. The van der Waals surface area contributed by atoms with Gasteiger partial charge in [-0.25, -0.2) is 4.99 Å². The molecule has 0 aliphatic carbocycles. The summed E-state index contributed by atoms with van der Waals surface area (Å²) in [5.74, 6) is 0. The van der Waals surface area contributed by atoms with E-state index in [4.69, 9.17) is 27.9 Å². The summed E-state index contributed by atoms with van der Waals surface area (Å²) >= 11 is 12.2. The average molecular weight is 273 g/mol.